The Morgan fingerprint density at radius 2 is 1.88 bits per heavy atom. The molecule has 3 rings (SSSR count). The molecule has 0 saturated carbocycles. The number of aromatic nitrogens is 1. The lowest BCUT2D eigenvalue weighted by atomic mass is 10.1. The topological polar surface area (TPSA) is 128 Å². The van der Waals surface area contributed by atoms with Crippen LogP contribution in [-0.4, -0.2) is 60.3 Å². The van der Waals surface area contributed by atoms with Crippen LogP contribution < -0.4 is 24.8 Å². The van der Waals surface area contributed by atoms with Crippen LogP contribution in [0.4, 0.5) is 10.8 Å². The quantitative estimate of drug-likeness (QED) is 0.320. The SMILES string of the molecule is CNc1nc(-c2ccc(OC)c(NC(=O)COc3ccc(S(=O)(=O)NCCOC)cc3)c2)cs1. The summed E-state index contributed by atoms with van der Waals surface area (Å²) in [6.07, 6.45) is 0. The molecular weight excluding hydrogens is 480 g/mol. The number of methoxy groups -OCH3 is 2. The first-order chi connectivity index (χ1) is 16.4. The van der Waals surface area contributed by atoms with Crippen molar-refractivity contribution in [2.24, 2.45) is 0 Å². The van der Waals surface area contributed by atoms with E-state index >= 15 is 0 Å². The molecular formula is C22H26N4O6S2. The number of hydrogen-bond donors (Lipinski definition) is 3. The lowest BCUT2D eigenvalue weighted by Crippen LogP contribution is -2.27. The first-order valence-corrected chi connectivity index (χ1v) is 12.6. The van der Waals surface area contributed by atoms with Crippen molar-refractivity contribution in [2.75, 3.05) is 51.7 Å². The number of amides is 1. The molecule has 0 saturated heterocycles. The Hall–Kier alpha value is -3.19. The van der Waals surface area contributed by atoms with Gasteiger partial charge in [0, 0.05) is 31.6 Å². The molecule has 0 fully saturated rings. The fraction of sp³-hybridized carbons (Fsp3) is 0.273. The lowest BCUT2D eigenvalue weighted by Gasteiger charge is -2.12. The van der Waals surface area contributed by atoms with E-state index in [4.69, 9.17) is 14.2 Å². The molecule has 0 aliphatic carbocycles. The number of carbonyl (C=O) groups excluding carboxylic acids is 1. The predicted octanol–water partition coefficient (Wildman–Crippen LogP) is 2.80. The molecule has 182 valence electrons. The summed E-state index contributed by atoms with van der Waals surface area (Å²) in [6, 6.07) is 11.2. The molecule has 0 aliphatic heterocycles. The number of nitrogens with zero attached hydrogens (tertiary/aromatic N) is 1. The van der Waals surface area contributed by atoms with E-state index in [0.29, 0.717) is 17.2 Å². The molecule has 0 spiro atoms. The van der Waals surface area contributed by atoms with E-state index in [2.05, 4.69) is 20.3 Å². The molecule has 1 aromatic heterocycles. The van der Waals surface area contributed by atoms with E-state index in [1.54, 1.807) is 19.2 Å². The second-order valence-corrected chi connectivity index (χ2v) is 9.53. The number of thiazole rings is 1. The van der Waals surface area contributed by atoms with E-state index in [1.807, 2.05) is 11.4 Å². The first kappa shape index (κ1) is 25.4. The highest BCUT2D eigenvalue weighted by atomic mass is 32.2. The zero-order chi connectivity index (χ0) is 24.6. The number of anilines is 2. The average molecular weight is 507 g/mol. The molecule has 0 radical (unpaired) electrons. The van der Waals surface area contributed by atoms with E-state index < -0.39 is 15.9 Å². The Bertz CT molecular complexity index is 1210. The summed E-state index contributed by atoms with van der Waals surface area (Å²) in [4.78, 5) is 17.1. The van der Waals surface area contributed by atoms with Gasteiger partial charge < -0.3 is 24.8 Å². The van der Waals surface area contributed by atoms with Crippen LogP contribution in [0.25, 0.3) is 11.3 Å². The zero-order valence-electron chi connectivity index (χ0n) is 19.0. The lowest BCUT2D eigenvalue weighted by molar-refractivity contribution is -0.118. The van der Waals surface area contributed by atoms with Crippen LogP contribution in [0, 0.1) is 0 Å². The van der Waals surface area contributed by atoms with Gasteiger partial charge in [-0.15, -0.1) is 11.3 Å². The highest BCUT2D eigenvalue weighted by Gasteiger charge is 2.14. The fourth-order valence-electron chi connectivity index (χ4n) is 2.90. The number of carbonyl (C=O) groups is 1. The summed E-state index contributed by atoms with van der Waals surface area (Å²) < 4.78 is 42.5. The summed E-state index contributed by atoms with van der Waals surface area (Å²) in [5.74, 6) is 0.452. The molecule has 3 aromatic rings. The van der Waals surface area contributed by atoms with Crippen LogP contribution in [-0.2, 0) is 19.6 Å². The van der Waals surface area contributed by atoms with Gasteiger partial charge in [0.2, 0.25) is 10.0 Å². The standard InChI is InChI=1S/C22H26N4O6S2/c1-23-22-26-19(14-33-22)15-4-9-20(31-3)18(12-15)25-21(27)13-32-16-5-7-17(8-6-16)34(28,29)24-10-11-30-2/h4-9,12,14,24H,10-11,13H2,1-3H3,(H,23,26)(H,25,27). The third-order valence-corrected chi connectivity index (χ3v) is 6.93. The van der Waals surface area contributed by atoms with Gasteiger partial charge in [-0.25, -0.2) is 18.1 Å². The van der Waals surface area contributed by atoms with E-state index in [9.17, 15) is 13.2 Å². The van der Waals surface area contributed by atoms with Crippen molar-refractivity contribution in [1.82, 2.24) is 9.71 Å². The van der Waals surface area contributed by atoms with Gasteiger partial charge >= 0.3 is 0 Å². The highest BCUT2D eigenvalue weighted by Crippen LogP contribution is 2.32. The van der Waals surface area contributed by atoms with Crippen molar-refractivity contribution < 1.29 is 27.4 Å². The molecule has 12 heteroatoms. The summed E-state index contributed by atoms with van der Waals surface area (Å²) in [5, 5.41) is 8.48. The average Bonchev–Trinajstić information content (AvgIpc) is 3.32. The summed E-state index contributed by atoms with van der Waals surface area (Å²) in [7, 11) is 1.16. The second kappa shape index (κ2) is 11.8. The maximum Gasteiger partial charge on any atom is 0.262 e. The van der Waals surface area contributed by atoms with Crippen molar-refractivity contribution >= 4 is 38.1 Å². The Morgan fingerprint density at radius 1 is 1.12 bits per heavy atom. The Morgan fingerprint density at radius 3 is 2.53 bits per heavy atom. The van der Waals surface area contributed by atoms with Gasteiger partial charge in [0.25, 0.3) is 5.91 Å². The van der Waals surface area contributed by atoms with Gasteiger partial charge in [-0.2, -0.15) is 0 Å². The van der Waals surface area contributed by atoms with Crippen molar-refractivity contribution in [1.29, 1.82) is 0 Å². The molecule has 0 atom stereocenters. The van der Waals surface area contributed by atoms with Gasteiger partial charge in [0.05, 0.1) is 30.0 Å². The third kappa shape index (κ3) is 6.67. The maximum absolute atomic E-state index is 12.5. The third-order valence-electron chi connectivity index (χ3n) is 4.59. The Labute approximate surface area is 202 Å². The van der Waals surface area contributed by atoms with Crippen molar-refractivity contribution in [3.8, 4) is 22.8 Å². The van der Waals surface area contributed by atoms with E-state index in [1.165, 1.54) is 49.8 Å². The molecule has 34 heavy (non-hydrogen) atoms. The normalized spacial score (nSPS) is 11.1. The molecule has 1 heterocycles. The number of sulfonamides is 1. The van der Waals surface area contributed by atoms with Crippen LogP contribution in [0.5, 0.6) is 11.5 Å². The number of nitrogens with one attached hydrogen (secondary N) is 3. The first-order valence-electron chi connectivity index (χ1n) is 10.2. The van der Waals surface area contributed by atoms with Gasteiger partial charge in [0.1, 0.15) is 11.5 Å². The Balaban J connectivity index is 1.62. The summed E-state index contributed by atoms with van der Waals surface area (Å²) >= 11 is 1.48. The van der Waals surface area contributed by atoms with E-state index in [-0.39, 0.29) is 24.7 Å². The minimum absolute atomic E-state index is 0.0884. The Kier molecular flexibility index (Phi) is 8.82. The van der Waals surface area contributed by atoms with Gasteiger partial charge in [-0.1, -0.05) is 0 Å². The minimum atomic E-state index is -3.64. The molecule has 1 amide bonds. The molecule has 2 aromatic carbocycles. The molecule has 10 nitrogen and oxygen atoms in total. The summed E-state index contributed by atoms with van der Waals surface area (Å²) in [5.41, 5.74) is 2.08. The maximum atomic E-state index is 12.5. The largest absolute Gasteiger partial charge is 0.495 e. The van der Waals surface area contributed by atoms with Gasteiger partial charge in [0.15, 0.2) is 11.7 Å². The number of hydrogen-bond acceptors (Lipinski definition) is 9. The van der Waals surface area contributed by atoms with Crippen LogP contribution >= 0.6 is 11.3 Å². The van der Waals surface area contributed by atoms with E-state index in [0.717, 1.165) is 16.4 Å². The smallest absolute Gasteiger partial charge is 0.262 e. The van der Waals surface area contributed by atoms with Crippen LogP contribution in [0.15, 0.2) is 52.7 Å². The predicted molar refractivity (Wildman–Crippen MR) is 131 cm³/mol. The molecule has 3 N–H and O–H groups in total. The number of ether oxygens (including phenoxy) is 3. The second-order valence-electron chi connectivity index (χ2n) is 6.90. The molecule has 0 aliphatic rings. The summed E-state index contributed by atoms with van der Waals surface area (Å²) in [6.45, 7) is 0.164. The van der Waals surface area contributed by atoms with Crippen molar-refractivity contribution in [3.05, 3.63) is 47.8 Å². The monoisotopic (exact) mass is 506 g/mol. The van der Waals surface area contributed by atoms with Crippen LogP contribution in [0.1, 0.15) is 0 Å². The van der Waals surface area contributed by atoms with Crippen molar-refractivity contribution in [2.45, 2.75) is 4.90 Å². The van der Waals surface area contributed by atoms with Gasteiger partial charge in [-0.3, -0.25) is 4.79 Å². The van der Waals surface area contributed by atoms with Gasteiger partial charge in [-0.05, 0) is 42.5 Å². The highest BCUT2D eigenvalue weighted by molar-refractivity contribution is 7.89. The zero-order valence-corrected chi connectivity index (χ0v) is 20.6. The molecule has 0 bridgehead atoms. The van der Waals surface area contributed by atoms with Crippen molar-refractivity contribution in [3.63, 3.8) is 0 Å². The minimum Gasteiger partial charge on any atom is -0.495 e. The number of benzene rings is 2. The fourth-order valence-corrected chi connectivity index (χ4v) is 4.59. The van der Waals surface area contributed by atoms with Crippen LogP contribution in [0.3, 0.4) is 0 Å². The number of rotatable bonds is 12. The molecule has 0 unspecified atom stereocenters. The van der Waals surface area contributed by atoms with Crippen LogP contribution in [0.2, 0.25) is 0 Å².